The molecule has 0 spiro atoms. The van der Waals surface area contributed by atoms with Crippen LogP contribution in [0, 0.1) is 13.8 Å². The van der Waals surface area contributed by atoms with E-state index in [0.29, 0.717) is 10.7 Å². The average Bonchev–Trinajstić information content (AvgIpc) is 2.57. The first-order chi connectivity index (χ1) is 12.4. The smallest absolute Gasteiger partial charge is 0.255 e. The van der Waals surface area contributed by atoms with E-state index in [1.807, 2.05) is 63.2 Å². The Balaban J connectivity index is 2.00. The Hall–Kier alpha value is -2.18. The Labute approximate surface area is 167 Å². The van der Waals surface area contributed by atoms with Crippen molar-refractivity contribution in [3.8, 4) is 0 Å². The molecule has 26 heavy (non-hydrogen) atoms. The Kier molecular flexibility index (Phi) is 5.44. The summed E-state index contributed by atoms with van der Waals surface area (Å²) in [5, 5.41) is 9.84. The summed E-state index contributed by atoms with van der Waals surface area (Å²) in [6, 6.07) is 13.5. The summed E-state index contributed by atoms with van der Waals surface area (Å²) in [5.74, 6) is -0.153. The molecular formula is C20H20BrN3OS. The molecule has 0 fully saturated rings. The number of allylic oxidation sites excluding steroid dienone is 1. The number of benzene rings is 2. The molecule has 1 aliphatic rings. The van der Waals surface area contributed by atoms with E-state index in [1.165, 1.54) is 0 Å². The van der Waals surface area contributed by atoms with Crippen molar-refractivity contribution in [3.05, 3.63) is 74.9 Å². The molecule has 0 radical (unpaired) electrons. The Morgan fingerprint density at radius 3 is 2.62 bits per heavy atom. The van der Waals surface area contributed by atoms with Crippen LogP contribution in [0.5, 0.6) is 0 Å². The highest BCUT2D eigenvalue weighted by Crippen LogP contribution is 2.32. The van der Waals surface area contributed by atoms with Gasteiger partial charge in [-0.25, -0.2) is 0 Å². The molecule has 1 heterocycles. The van der Waals surface area contributed by atoms with Gasteiger partial charge in [0.15, 0.2) is 5.11 Å². The second-order valence-corrected chi connectivity index (χ2v) is 7.63. The van der Waals surface area contributed by atoms with E-state index in [2.05, 4.69) is 31.9 Å². The molecule has 1 aliphatic heterocycles. The number of aryl methyl sites for hydroxylation is 2. The standard InChI is InChI=1S/C20H20BrN3OS/c1-11-8-9-12(2)16(10-11)23-19(25)17-13(3)22-20(26)24-18(17)14-6-4-5-7-15(14)21/h4-10,18H,1-3H3,(H,23,25)(H2,22,24,26)/t18-/m0/s1. The monoisotopic (exact) mass is 429 g/mol. The van der Waals surface area contributed by atoms with Crippen LogP contribution in [-0.4, -0.2) is 11.0 Å². The Bertz CT molecular complexity index is 923. The van der Waals surface area contributed by atoms with E-state index in [-0.39, 0.29) is 11.9 Å². The van der Waals surface area contributed by atoms with E-state index in [9.17, 15) is 4.79 Å². The molecule has 0 saturated heterocycles. The second kappa shape index (κ2) is 7.60. The van der Waals surface area contributed by atoms with Crippen LogP contribution in [-0.2, 0) is 4.79 Å². The summed E-state index contributed by atoms with van der Waals surface area (Å²) < 4.78 is 0.923. The van der Waals surface area contributed by atoms with Gasteiger partial charge >= 0.3 is 0 Å². The quantitative estimate of drug-likeness (QED) is 0.628. The number of halogens is 1. The highest BCUT2D eigenvalue weighted by atomic mass is 79.9. The van der Waals surface area contributed by atoms with Gasteiger partial charge in [0.25, 0.3) is 5.91 Å². The van der Waals surface area contributed by atoms with Crippen molar-refractivity contribution in [3.63, 3.8) is 0 Å². The van der Waals surface area contributed by atoms with Gasteiger partial charge in [0.05, 0.1) is 11.6 Å². The number of thiocarbonyl (C=S) groups is 1. The van der Waals surface area contributed by atoms with Gasteiger partial charge in [-0.3, -0.25) is 4.79 Å². The zero-order valence-electron chi connectivity index (χ0n) is 14.8. The second-order valence-electron chi connectivity index (χ2n) is 6.36. The van der Waals surface area contributed by atoms with E-state index in [4.69, 9.17) is 12.2 Å². The van der Waals surface area contributed by atoms with Crippen LogP contribution in [0.1, 0.15) is 29.7 Å². The van der Waals surface area contributed by atoms with E-state index in [1.54, 1.807) is 0 Å². The third-order valence-electron chi connectivity index (χ3n) is 4.37. The average molecular weight is 430 g/mol. The fraction of sp³-hybridized carbons (Fsp3) is 0.200. The zero-order valence-corrected chi connectivity index (χ0v) is 17.2. The Morgan fingerprint density at radius 2 is 1.88 bits per heavy atom. The van der Waals surface area contributed by atoms with Gasteiger partial charge in [0, 0.05) is 15.9 Å². The molecule has 0 aromatic heterocycles. The lowest BCUT2D eigenvalue weighted by atomic mass is 9.95. The predicted molar refractivity (Wildman–Crippen MR) is 113 cm³/mol. The summed E-state index contributed by atoms with van der Waals surface area (Å²) in [7, 11) is 0. The van der Waals surface area contributed by atoms with Gasteiger partial charge in [-0.05, 0) is 61.8 Å². The van der Waals surface area contributed by atoms with Gasteiger partial charge < -0.3 is 16.0 Å². The van der Waals surface area contributed by atoms with E-state index < -0.39 is 0 Å². The number of rotatable bonds is 3. The molecule has 2 aromatic carbocycles. The molecule has 3 rings (SSSR count). The van der Waals surface area contributed by atoms with Crippen molar-refractivity contribution in [2.45, 2.75) is 26.8 Å². The summed E-state index contributed by atoms with van der Waals surface area (Å²) in [5.41, 5.74) is 5.26. The maximum Gasteiger partial charge on any atom is 0.255 e. The minimum atomic E-state index is -0.329. The lowest BCUT2D eigenvalue weighted by molar-refractivity contribution is -0.113. The molecule has 1 amide bonds. The highest BCUT2D eigenvalue weighted by molar-refractivity contribution is 9.10. The summed E-state index contributed by atoms with van der Waals surface area (Å²) in [6.07, 6.45) is 0. The third kappa shape index (κ3) is 3.81. The number of anilines is 1. The van der Waals surface area contributed by atoms with Gasteiger partial charge in [-0.2, -0.15) is 0 Å². The Morgan fingerprint density at radius 1 is 1.15 bits per heavy atom. The molecule has 4 nitrogen and oxygen atoms in total. The number of carbonyl (C=O) groups excluding carboxylic acids is 1. The molecule has 0 saturated carbocycles. The third-order valence-corrected chi connectivity index (χ3v) is 5.31. The van der Waals surface area contributed by atoms with Crippen LogP contribution < -0.4 is 16.0 Å². The van der Waals surface area contributed by atoms with Gasteiger partial charge in [-0.15, -0.1) is 0 Å². The van der Waals surface area contributed by atoms with Crippen LogP contribution in [0.4, 0.5) is 5.69 Å². The number of carbonyl (C=O) groups is 1. The molecule has 3 N–H and O–H groups in total. The topological polar surface area (TPSA) is 53.2 Å². The van der Waals surface area contributed by atoms with Crippen LogP contribution in [0.25, 0.3) is 0 Å². The minimum absolute atomic E-state index is 0.153. The van der Waals surface area contributed by atoms with Crippen molar-refractivity contribution >= 4 is 44.9 Å². The number of amides is 1. The number of hydrogen-bond donors (Lipinski definition) is 3. The van der Waals surface area contributed by atoms with Gasteiger partial charge in [0.1, 0.15) is 0 Å². The first-order valence-corrected chi connectivity index (χ1v) is 9.48. The van der Waals surface area contributed by atoms with Crippen LogP contribution >= 0.6 is 28.1 Å². The molecule has 2 aromatic rings. The SMILES string of the molecule is CC1=C(C(=O)Nc2cc(C)ccc2C)[C@H](c2ccccc2Br)NC(=S)N1. The van der Waals surface area contributed by atoms with Gasteiger partial charge in [0.2, 0.25) is 0 Å². The number of nitrogens with one attached hydrogen (secondary N) is 3. The first kappa shape index (κ1) is 18.6. The summed E-state index contributed by atoms with van der Waals surface area (Å²) >= 11 is 8.89. The van der Waals surface area contributed by atoms with Crippen LogP contribution in [0.3, 0.4) is 0 Å². The normalized spacial score (nSPS) is 16.8. The van der Waals surface area contributed by atoms with Crippen molar-refractivity contribution in [2.24, 2.45) is 0 Å². The van der Waals surface area contributed by atoms with Crippen LogP contribution in [0.2, 0.25) is 0 Å². The molecule has 134 valence electrons. The largest absolute Gasteiger partial charge is 0.351 e. The van der Waals surface area contributed by atoms with Gasteiger partial charge in [-0.1, -0.05) is 46.3 Å². The molecule has 0 unspecified atom stereocenters. The van der Waals surface area contributed by atoms with Crippen molar-refractivity contribution in [1.29, 1.82) is 0 Å². The van der Waals surface area contributed by atoms with Crippen molar-refractivity contribution in [1.82, 2.24) is 10.6 Å². The van der Waals surface area contributed by atoms with E-state index >= 15 is 0 Å². The predicted octanol–water partition coefficient (Wildman–Crippen LogP) is 4.50. The minimum Gasteiger partial charge on any atom is -0.351 e. The molecule has 1 atom stereocenters. The molecule has 0 aliphatic carbocycles. The van der Waals surface area contributed by atoms with Crippen LogP contribution in [0.15, 0.2) is 58.2 Å². The lowest BCUT2D eigenvalue weighted by Crippen LogP contribution is -2.45. The maximum atomic E-state index is 13.1. The fourth-order valence-electron chi connectivity index (χ4n) is 3.00. The van der Waals surface area contributed by atoms with Crippen molar-refractivity contribution in [2.75, 3.05) is 5.32 Å². The molecular weight excluding hydrogens is 410 g/mol. The maximum absolute atomic E-state index is 13.1. The highest BCUT2D eigenvalue weighted by Gasteiger charge is 2.31. The zero-order chi connectivity index (χ0) is 18.8. The molecule has 6 heteroatoms. The lowest BCUT2D eigenvalue weighted by Gasteiger charge is -2.31. The fourth-order valence-corrected chi connectivity index (χ4v) is 3.78. The first-order valence-electron chi connectivity index (χ1n) is 8.28. The summed E-state index contributed by atoms with van der Waals surface area (Å²) in [4.78, 5) is 13.1. The summed E-state index contributed by atoms with van der Waals surface area (Å²) in [6.45, 7) is 5.86. The van der Waals surface area contributed by atoms with E-state index in [0.717, 1.165) is 32.5 Å². The molecule has 0 bridgehead atoms. The number of hydrogen-bond acceptors (Lipinski definition) is 2. The van der Waals surface area contributed by atoms with Crippen molar-refractivity contribution < 1.29 is 4.79 Å².